The summed E-state index contributed by atoms with van der Waals surface area (Å²) in [6.45, 7) is 5.03. The number of alkyl halides is 2. The number of hydrogen-bond donors (Lipinski definition) is 1. The van der Waals surface area contributed by atoms with Crippen LogP contribution in [-0.2, 0) is 4.74 Å². The van der Waals surface area contributed by atoms with E-state index in [0.29, 0.717) is 25.6 Å². The number of unbranched alkanes of at least 4 members (excludes halogenated alkanes) is 1. The number of carbonyl (C=O) groups excluding carboxylic acids is 1. The van der Waals surface area contributed by atoms with Crippen molar-refractivity contribution in [1.82, 2.24) is 10.2 Å². The third kappa shape index (κ3) is 6.03. The molecule has 20 heavy (non-hydrogen) atoms. The van der Waals surface area contributed by atoms with Crippen molar-refractivity contribution in [2.45, 2.75) is 52.0 Å². The normalized spacial score (nSPS) is 23.1. The second-order valence-corrected chi connectivity index (χ2v) is 5.34. The highest BCUT2D eigenvalue weighted by atomic mass is 19.3. The molecule has 6 heteroatoms. The van der Waals surface area contributed by atoms with E-state index in [1.807, 2.05) is 0 Å². The fourth-order valence-corrected chi connectivity index (χ4v) is 2.67. The maximum absolute atomic E-state index is 12.3. The zero-order valence-electron chi connectivity index (χ0n) is 12.4. The van der Waals surface area contributed by atoms with Crippen molar-refractivity contribution in [2.24, 2.45) is 5.92 Å². The zero-order valence-corrected chi connectivity index (χ0v) is 12.4. The van der Waals surface area contributed by atoms with Crippen LogP contribution in [0.5, 0.6) is 0 Å². The summed E-state index contributed by atoms with van der Waals surface area (Å²) >= 11 is 0. The van der Waals surface area contributed by atoms with E-state index in [-0.39, 0.29) is 18.7 Å². The van der Waals surface area contributed by atoms with E-state index in [1.54, 1.807) is 11.8 Å². The van der Waals surface area contributed by atoms with E-state index in [9.17, 15) is 13.6 Å². The predicted molar refractivity (Wildman–Crippen MR) is 74.0 cm³/mol. The Balaban J connectivity index is 2.54. The smallest absolute Gasteiger partial charge is 0.409 e. The number of amides is 1. The van der Waals surface area contributed by atoms with Crippen LogP contribution in [0.25, 0.3) is 0 Å². The Labute approximate surface area is 119 Å². The Bertz CT molecular complexity index is 290. The van der Waals surface area contributed by atoms with Gasteiger partial charge >= 0.3 is 6.09 Å². The minimum Gasteiger partial charge on any atom is -0.450 e. The van der Waals surface area contributed by atoms with Crippen molar-refractivity contribution in [1.29, 1.82) is 0 Å². The molecule has 4 nitrogen and oxygen atoms in total. The van der Waals surface area contributed by atoms with Crippen LogP contribution >= 0.6 is 0 Å². The first-order valence-electron chi connectivity index (χ1n) is 7.50. The molecule has 1 N–H and O–H groups in total. The molecule has 0 aromatic carbocycles. The Morgan fingerprint density at radius 2 is 2.15 bits per heavy atom. The van der Waals surface area contributed by atoms with Crippen molar-refractivity contribution >= 4 is 6.09 Å². The summed E-state index contributed by atoms with van der Waals surface area (Å²) in [6, 6.07) is -0.0657. The molecule has 0 aromatic heterocycles. The average Bonchev–Trinajstić information content (AvgIpc) is 2.43. The van der Waals surface area contributed by atoms with Gasteiger partial charge in [-0.2, -0.15) is 0 Å². The SMILES string of the molecule is CCCCC1CC(NCC(F)F)CN(C(=O)OCC)C1. The third-order valence-electron chi connectivity index (χ3n) is 3.59. The topological polar surface area (TPSA) is 41.6 Å². The van der Waals surface area contributed by atoms with Gasteiger partial charge < -0.3 is 15.0 Å². The summed E-state index contributed by atoms with van der Waals surface area (Å²) in [7, 11) is 0. The van der Waals surface area contributed by atoms with E-state index < -0.39 is 6.43 Å². The van der Waals surface area contributed by atoms with Gasteiger partial charge in [-0.3, -0.25) is 0 Å². The van der Waals surface area contributed by atoms with E-state index in [1.165, 1.54) is 0 Å². The molecule has 1 fully saturated rings. The van der Waals surface area contributed by atoms with Gasteiger partial charge in [0.05, 0.1) is 13.2 Å². The summed E-state index contributed by atoms with van der Waals surface area (Å²) < 4.78 is 29.6. The molecule has 0 bridgehead atoms. The number of nitrogens with one attached hydrogen (secondary N) is 1. The zero-order chi connectivity index (χ0) is 15.0. The number of carbonyl (C=O) groups is 1. The van der Waals surface area contributed by atoms with Crippen molar-refractivity contribution in [2.75, 3.05) is 26.2 Å². The van der Waals surface area contributed by atoms with Crippen molar-refractivity contribution < 1.29 is 18.3 Å². The van der Waals surface area contributed by atoms with Crippen molar-refractivity contribution in [3.05, 3.63) is 0 Å². The lowest BCUT2D eigenvalue weighted by Gasteiger charge is -2.37. The van der Waals surface area contributed by atoms with Gasteiger partial charge in [0, 0.05) is 19.1 Å². The van der Waals surface area contributed by atoms with E-state index >= 15 is 0 Å². The lowest BCUT2D eigenvalue weighted by atomic mass is 9.90. The number of nitrogens with zero attached hydrogens (tertiary/aromatic N) is 1. The van der Waals surface area contributed by atoms with E-state index in [0.717, 1.165) is 25.7 Å². The Morgan fingerprint density at radius 1 is 1.40 bits per heavy atom. The van der Waals surface area contributed by atoms with Gasteiger partial charge in [0.1, 0.15) is 0 Å². The maximum atomic E-state index is 12.3. The van der Waals surface area contributed by atoms with Crippen LogP contribution in [0.3, 0.4) is 0 Å². The highest BCUT2D eigenvalue weighted by Gasteiger charge is 2.30. The molecule has 1 saturated heterocycles. The summed E-state index contributed by atoms with van der Waals surface area (Å²) in [5.74, 6) is 0.364. The van der Waals surface area contributed by atoms with Crippen molar-refractivity contribution in [3.8, 4) is 0 Å². The average molecular weight is 292 g/mol. The number of piperidine rings is 1. The summed E-state index contributed by atoms with van der Waals surface area (Å²) in [6.07, 6.45) is 1.38. The molecule has 0 aliphatic carbocycles. The van der Waals surface area contributed by atoms with Crippen LogP contribution < -0.4 is 5.32 Å². The number of rotatable bonds is 7. The molecule has 0 aromatic rings. The molecule has 118 valence electrons. The minimum absolute atomic E-state index is 0.0657. The molecular formula is C14H26F2N2O2. The van der Waals surface area contributed by atoms with Crippen LogP contribution in [0.1, 0.15) is 39.5 Å². The van der Waals surface area contributed by atoms with Crippen LogP contribution in [0.4, 0.5) is 13.6 Å². The van der Waals surface area contributed by atoms with Crippen LogP contribution in [0.2, 0.25) is 0 Å². The maximum Gasteiger partial charge on any atom is 0.409 e. The molecule has 1 heterocycles. The van der Waals surface area contributed by atoms with Crippen LogP contribution in [0.15, 0.2) is 0 Å². The fraction of sp³-hybridized carbons (Fsp3) is 0.929. The van der Waals surface area contributed by atoms with Crippen molar-refractivity contribution in [3.63, 3.8) is 0 Å². The number of ether oxygens (including phenoxy) is 1. The second kappa shape index (κ2) is 9.10. The first-order chi connectivity index (χ1) is 9.56. The van der Waals surface area contributed by atoms with Crippen LogP contribution in [-0.4, -0.2) is 49.7 Å². The molecule has 1 aliphatic rings. The Kier molecular flexibility index (Phi) is 7.80. The molecule has 1 rings (SSSR count). The number of halogens is 2. The molecular weight excluding hydrogens is 266 g/mol. The molecule has 2 unspecified atom stereocenters. The Hall–Kier alpha value is -0.910. The lowest BCUT2D eigenvalue weighted by Crippen LogP contribution is -2.52. The summed E-state index contributed by atoms with van der Waals surface area (Å²) in [5.41, 5.74) is 0. The van der Waals surface area contributed by atoms with Gasteiger partial charge in [-0.25, -0.2) is 13.6 Å². The quantitative estimate of drug-likeness (QED) is 0.784. The molecule has 2 atom stereocenters. The monoisotopic (exact) mass is 292 g/mol. The predicted octanol–water partition coefficient (Wildman–Crippen LogP) is 2.88. The standard InChI is InChI=1S/C14H26F2N2O2/c1-3-5-6-11-7-12(17-8-13(15)16)10-18(9-11)14(19)20-4-2/h11-13,17H,3-10H2,1-2H3. The van der Waals surface area contributed by atoms with E-state index in [2.05, 4.69) is 12.2 Å². The molecule has 0 radical (unpaired) electrons. The lowest BCUT2D eigenvalue weighted by molar-refractivity contribution is 0.0719. The van der Waals surface area contributed by atoms with Gasteiger partial charge in [0.2, 0.25) is 0 Å². The highest BCUT2D eigenvalue weighted by Crippen LogP contribution is 2.22. The van der Waals surface area contributed by atoms with Gasteiger partial charge in [-0.1, -0.05) is 19.8 Å². The summed E-state index contributed by atoms with van der Waals surface area (Å²) in [5, 5.41) is 2.85. The first kappa shape index (κ1) is 17.1. The van der Waals surface area contributed by atoms with Gasteiger partial charge in [0.25, 0.3) is 6.43 Å². The van der Waals surface area contributed by atoms with Crippen LogP contribution in [0, 0.1) is 5.92 Å². The van der Waals surface area contributed by atoms with E-state index in [4.69, 9.17) is 4.74 Å². The number of hydrogen-bond acceptors (Lipinski definition) is 3. The van der Waals surface area contributed by atoms with Gasteiger partial charge in [-0.15, -0.1) is 0 Å². The first-order valence-corrected chi connectivity index (χ1v) is 7.50. The summed E-state index contributed by atoms with van der Waals surface area (Å²) in [4.78, 5) is 13.5. The van der Waals surface area contributed by atoms with Gasteiger partial charge in [-0.05, 0) is 25.7 Å². The number of likely N-dealkylation sites (tertiary alicyclic amines) is 1. The second-order valence-electron chi connectivity index (χ2n) is 5.34. The minimum atomic E-state index is -2.36. The highest BCUT2D eigenvalue weighted by molar-refractivity contribution is 5.67. The Morgan fingerprint density at radius 3 is 2.75 bits per heavy atom. The largest absolute Gasteiger partial charge is 0.450 e. The molecule has 1 aliphatic heterocycles. The molecule has 1 amide bonds. The third-order valence-corrected chi connectivity index (χ3v) is 3.59. The molecule has 0 saturated carbocycles. The van der Waals surface area contributed by atoms with Gasteiger partial charge in [0.15, 0.2) is 0 Å². The fourth-order valence-electron chi connectivity index (χ4n) is 2.67. The molecule has 0 spiro atoms.